The molecule has 0 spiro atoms. The third-order valence-corrected chi connectivity index (χ3v) is 6.57. The Balaban J connectivity index is 1.95. The molecule has 0 bridgehead atoms. The summed E-state index contributed by atoms with van der Waals surface area (Å²) in [5, 5.41) is 1.28. The molecular formula is C29H32N2O5. The number of benzene rings is 2. The van der Waals surface area contributed by atoms with Gasteiger partial charge in [-0.25, -0.2) is 4.98 Å². The normalized spacial score (nSPS) is 12.8. The first-order valence-corrected chi connectivity index (χ1v) is 12.0. The van der Waals surface area contributed by atoms with Gasteiger partial charge in [0.15, 0.2) is 5.78 Å². The highest BCUT2D eigenvalue weighted by Gasteiger charge is 2.29. The predicted molar refractivity (Wildman–Crippen MR) is 139 cm³/mol. The van der Waals surface area contributed by atoms with E-state index < -0.39 is 5.54 Å². The highest BCUT2D eigenvalue weighted by molar-refractivity contribution is 5.89. The molecule has 4 rings (SSSR count). The zero-order valence-electron chi connectivity index (χ0n) is 21.6. The van der Waals surface area contributed by atoms with Crippen LogP contribution >= 0.6 is 0 Å². The number of methoxy groups -OCH3 is 1. The zero-order valence-corrected chi connectivity index (χ0v) is 21.6. The Morgan fingerprint density at radius 2 is 1.89 bits per heavy atom. The molecule has 0 N–H and O–H groups in total. The molecular weight excluding hydrogens is 456 g/mol. The third kappa shape index (κ3) is 4.84. The van der Waals surface area contributed by atoms with Crippen molar-refractivity contribution >= 4 is 16.6 Å². The van der Waals surface area contributed by atoms with E-state index in [2.05, 4.69) is 4.98 Å². The van der Waals surface area contributed by atoms with Crippen molar-refractivity contribution in [2.45, 2.75) is 58.8 Å². The standard InChI is InChI=1S/C29H32N2O5/c1-18(2)36-26(23-9-7-8-10-25(23)34-6)16-21-17-31(29(4,5)19(3)32)28(33)24-15-20(11-12-22(21)24)27-30-13-14-35-27/h7-15,17-18,26H,16H2,1-6H3/t26-/m0/s1. The van der Waals surface area contributed by atoms with Crippen LogP contribution in [0.1, 0.15) is 51.8 Å². The molecule has 0 amide bonds. The lowest BCUT2D eigenvalue weighted by atomic mass is 9.94. The monoisotopic (exact) mass is 488 g/mol. The summed E-state index contributed by atoms with van der Waals surface area (Å²) < 4.78 is 19.0. The number of ketones is 1. The fraction of sp³-hybridized carbons (Fsp3) is 0.345. The molecule has 2 heterocycles. The smallest absolute Gasteiger partial charge is 0.259 e. The number of nitrogens with zero attached hydrogens (tertiary/aromatic N) is 2. The van der Waals surface area contributed by atoms with E-state index in [1.807, 2.05) is 50.2 Å². The Morgan fingerprint density at radius 1 is 1.14 bits per heavy atom. The Hall–Kier alpha value is -3.71. The number of hydrogen-bond donors (Lipinski definition) is 0. The van der Waals surface area contributed by atoms with Gasteiger partial charge in [-0.15, -0.1) is 0 Å². The summed E-state index contributed by atoms with van der Waals surface area (Å²) in [5.41, 5.74) is 1.21. The number of hydrogen-bond acceptors (Lipinski definition) is 6. The van der Waals surface area contributed by atoms with Crippen molar-refractivity contribution in [2.24, 2.45) is 0 Å². The van der Waals surface area contributed by atoms with Crippen molar-refractivity contribution in [1.82, 2.24) is 9.55 Å². The quantitative estimate of drug-likeness (QED) is 0.301. The van der Waals surface area contributed by atoms with Crippen LogP contribution in [0.3, 0.4) is 0 Å². The molecule has 188 valence electrons. The van der Waals surface area contributed by atoms with E-state index in [1.165, 1.54) is 17.8 Å². The maximum Gasteiger partial charge on any atom is 0.259 e. The molecule has 0 radical (unpaired) electrons. The number of ether oxygens (including phenoxy) is 2. The van der Waals surface area contributed by atoms with Gasteiger partial charge in [0.25, 0.3) is 5.56 Å². The number of pyridine rings is 1. The molecule has 36 heavy (non-hydrogen) atoms. The molecule has 7 heteroatoms. The number of carbonyl (C=O) groups excluding carboxylic acids is 1. The largest absolute Gasteiger partial charge is 0.496 e. The second kappa shape index (κ2) is 10.1. The van der Waals surface area contributed by atoms with Gasteiger partial charge in [-0.2, -0.15) is 0 Å². The van der Waals surface area contributed by atoms with Gasteiger partial charge in [-0.3, -0.25) is 9.59 Å². The van der Waals surface area contributed by atoms with Crippen LogP contribution in [0.2, 0.25) is 0 Å². The minimum atomic E-state index is -1.03. The molecule has 4 aromatic rings. The molecule has 0 unspecified atom stereocenters. The van der Waals surface area contributed by atoms with Gasteiger partial charge in [0.05, 0.1) is 25.5 Å². The molecule has 0 aliphatic heterocycles. The summed E-state index contributed by atoms with van der Waals surface area (Å²) in [6.45, 7) is 8.99. The average Bonchev–Trinajstić information content (AvgIpc) is 3.39. The lowest BCUT2D eigenvalue weighted by Gasteiger charge is -2.28. The van der Waals surface area contributed by atoms with E-state index in [0.29, 0.717) is 23.3 Å². The molecule has 0 saturated heterocycles. The lowest BCUT2D eigenvalue weighted by molar-refractivity contribution is -0.124. The average molecular weight is 489 g/mol. The molecule has 7 nitrogen and oxygen atoms in total. The second-order valence-electron chi connectivity index (χ2n) is 9.66. The van der Waals surface area contributed by atoms with Crippen LogP contribution in [0.4, 0.5) is 0 Å². The molecule has 2 aromatic heterocycles. The Kier molecular flexibility index (Phi) is 7.13. The summed E-state index contributed by atoms with van der Waals surface area (Å²) in [6, 6.07) is 13.3. The van der Waals surface area contributed by atoms with Crippen LogP contribution in [0.5, 0.6) is 5.75 Å². The van der Waals surface area contributed by atoms with Crippen molar-refractivity contribution in [3.63, 3.8) is 0 Å². The van der Waals surface area contributed by atoms with E-state index in [1.54, 1.807) is 39.4 Å². The van der Waals surface area contributed by atoms with Crippen molar-refractivity contribution in [2.75, 3.05) is 7.11 Å². The van der Waals surface area contributed by atoms with Gasteiger partial charge >= 0.3 is 0 Å². The zero-order chi connectivity index (χ0) is 26.0. The predicted octanol–water partition coefficient (Wildman–Crippen LogP) is 5.70. The van der Waals surface area contributed by atoms with Gasteiger partial charge in [0.2, 0.25) is 5.89 Å². The molecule has 0 aliphatic carbocycles. The van der Waals surface area contributed by atoms with Crippen LogP contribution in [0, 0.1) is 0 Å². The van der Waals surface area contributed by atoms with Gasteiger partial charge in [0, 0.05) is 29.1 Å². The maximum absolute atomic E-state index is 13.7. The van der Waals surface area contributed by atoms with E-state index in [-0.39, 0.29) is 23.6 Å². The number of oxazole rings is 1. The number of Topliss-reactive ketones (excluding diaryl/α,β-unsaturated/α-hetero) is 1. The van der Waals surface area contributed by atoms with Crippen molar-refractivity contribution < 1.29 is 18.7 Å². The summed E-state index contributed by atoms with van der Waals surface area (Å²) in [5.74, 6) is 1.05. The minimum Gasteiger partial charge on any atom is -0.496 e. The van der Waals surface area contributed by atoms with E-state index in [9.17, 15) is 9.59 Å². The first kappa shape index (κ1) is 25.4. The van der Waals surface area contributed by atoms with Gasteiger partial charge in [-0.05, 0) is 63.8 Å². The summed E-state index contributed by atoms with van der Waals surface area (Å²) >= 11 is 0. The first-order chi connectivity index (χ1) is 17.1. The van der Waals surface area contributed by atoms with Crippen LogP contribution in [0.15, 0.2) is 70.3 Å². The van der Waals surface area contributed by atoms with Gasteiger partial charge in [-0.1, -0.05) is 24.3 Å². The van der Waals surface area contributed by atoms with Crippen LogP contribution in [0.25, 0.3) is 22.2 Å². The van der Waals surface area contributed by atoms with E-state index >= 15 is 0 Å². The molecule has 2 aromatic carbocycles. The number of para-hydroxylation sites is 1. The topological polar surface area (TPSA) is 83.6 Å². The van der Waals surface area contributed by atoms with Crippen molar-refractivity contribution in [3.8, 4) is 17.2 Å². The maximum atomic E-state index is 13.7. The van der Waals surface area contributed by atoms with Crippen molar-refractivity contribution in [1.29, 1.82) is 0 Å². The molecule has 0 fully saturated rings. The first-order valence-electron chi connectivity index (χ1n) is 12.0. The number of carbonyl (C=O) groups is 1. The number of aromatic nitrogens is 2. The molecule has 0 aliphatic rings. The SMILES string of the molecule is COc1ccccc1[C@H](Cc1cn(C(C)(C)C(C)=O)c(=O)c2cc(-c3ncco3)ccc12)OC(C)C. The highest BCUT2D eigenvalue weighted by Crippen LogP contribution is 2.34. The second-order valence-corrected chi connectivity index (χ2v) is 9.66. The Labute approximate surface area is 210 Å². The van der Waals surface area contributed by atoms with Gasteiger partial charge in [0.1, 0.15) is 17.6 Å². The lowest BCUT2D eigenvalue weighted by Crippen LogP contribution is -2.41. The summed E-state index contributed by atoms with van der Waals surface area (Å²) in [6.07, 6.45) is 4.96. The number of rotatable bonds is 9. The molecule has 0 saturated carbocycles. The summed E-state index contributed by atoms with van der Waals surface area (Å²) in [7, 11) is 1.64. The number of fused-ring (bicyclic) bond motifs is 1. The van der Waals surface area contributed by atoms with Crippen LogP contribution < -0.4 is 10.3 Å². The fourth-order valence-corrected chi connectivity index (χ4v) is 4.35. The van der Waals surface area contributed by atoms with Crippen LogP contribution in [-0.2, 0) is 21.5 Å². The summed E-state index contributed by atoms with van der Waals surface area (Å²) in [4.78, 5) is 30.5. The Bertz CT molecular complexity index is 1430. The van der Waals surface area contributed by atoms with Crippen molar-refractivity contribution in [3.05, 3.63) is 82.6 Å². The third-order valence-electron chi connectivity index (χ3n) is 6.57. The van der Waals surface area contributed by atoms with Gasteiger partial charge < -0.3 is 18.5 Å². The Morgan fingerprint density at radius 3 is 2.53 bits per heavy atom. The van der Waals surface area contributed by atoms with E-state index in [0.717, 1.165) is 22.3 Å². The highest BCUT2D eigenvalue weighted by atomic mass is 16.5. The van der Waals surface area contributed by atoms with E-state index in [4.69, 9.17) is 13.9 Å². The minimum absolute atomic E-state index is 0.0395. The van der Waals surface area contributed by atoms with Crippen LogP contribution in [-0.4, -0.2) is 28.5 Å². The molecule has 1 atom stereocenters. The fourth-order valence-electron chi connectivity index (χ4n) is 4.35.